The van der Waals surface area contributed by atoms with Gasteiger partial charge in [0.25, 0.3) is 5.91 Å². The average molecular weight is 243 g/mol. The maximum Gasteiger partial charge on any atom is 0.328 e. The normalized spacial score (nSPS) is 10.9. The van der Waals surface area contributed by atoms with Crippen LogP contribution in [-0.4, -0.2) is 34.5 Å². The van der Waals surface area contributed by atoms with Gasteiger partial charge in [0.15, 0.2) is 0 Å². The molecule has 8 heteroatoms. The number of amides is 4. The number of hydrogen-bond acceptors (Lipinski definition) is 4. The van der Waals surface area contributed by atoms with Crippen LogP contribution in [0.4, 0.5) is 4.79 Å². The number of carbonyl (C=O) groups excluding carboxylic acids is 3. The molecule has 0 atom stereocenters. The molecule has 0 aromatic carbocycles. The molecular formula is C9H13N3O5. The zero-order valence-electron chi connectivity index (χ0n) is 9.31. The molecule has 0 aliphatic carbocycles. The van der Waals surface area contributed by atoms with Gasteiger partial charge in [0.2, 0.25) is 5.91 Å². The van der Waals surface area contributed by atoms with Crippen LogP contribution in [0.15, 0.2) is 12.2 Å². The topological polar surface area (TPSA) is 139 Å². The summed E-state index contributed by atoms with van der Waals surface area (Å²) in [7, 11) is 0. The van der Waals surface area contributed by atoms with Gasteiger partial charge >= 0.3 is 12.0 Å². The summed E-state index contributed by atoms with van der Waals surface area (Å²) in [6.07, 6.45) is 1.24. The predicted octanol–water partition coefficient (Wildman–Crippen LogP) is -1.28. The number of hydrogen-bond donors (Lipinski definition) is 4. The number of imide groups is 1. The maximum atomic E-state index is 11.2. The van der Waals surface area contributed by atoms with Crippen LogP contribution in [0.1, 0.15) is 13.8 Å². The second-order valence-electron chi connectivity index (χ2n) is 3.60. The van der Waals surface area contributed by atoms with Gasteiger partial charge < -0.3 is 16.2 Å². The molecule has 0 spiro atoms. The predicted molar refractivity (Wildman–Crippen MR) is 56.7 cm³/mol. The molecule has 0 bridgehead atoms. The van der Waals surface area contributed by atoms with Crippen LogP contribution >= 0.6 is 0 Å². The minimum absolute atomic E-state index is 0.571. The van der Waals surface area contributed by atoms with E-state index in [1.165, 1.54) is 13.8 Å². The average Bonchev–Trinajstić information content (AvgIpc) is 2.13. The number of rotatable bonds is 4. The van der Waals surface area contributed by atoms with Crippen LogP contribution in [0.3, 0.4) is 0 Å². The van der Waals surface area contributed by atoms with Crippen LogP contribution in [0.2, 0.25) is 0 Å². The number of carboxylic acids is 1. The molecule has 0 unspecified atom stereocenters. The fraction of sp³-hybridized carbons (Fsp3) is 0.333. The van der Waals surface area contributed by atoms with Crippen molar-refractivity contribution in [1.82, 2.24) is 10.6 Å². The van der Waals surface area contributed by atoms with E-state index in [0.29, 0.717) is 12.2 Å². The van der Waals surface area contributed by atoms with E-state index in [1.54, 1.807) is 5.32 Å². The Labute approximate surface area is 96.8 Å². The maximum absolute atomic E-state index is 11.2. The minimum atomic E-state index is -1.32. The summed E-state index contributed by atoms with van der Waals surface area (Å²) in [6.45, 7) is 2.71. The van der Waals surface area contributed by atoms with Crippen molar-refractivity contribution in [2.45, 2.75) is 19.4 Å². The number of carbonyl (C=O) groups is 4. The lowest BCUT2D eigenvalue weighted by Gasteiger charge is -2.21. The van der Waals surface area contributed by atoms with Gasteiger partial charge in [0.05, 0.1) is 0 Å². The summed E-state index contributed by atoms with van der Waals surface area (Å²) in [6, 6.07) is -0.950. The first-order valence-corrected chi connectivity index (χ1v) is 4.49. The van der Waals surface area contributed by atoms with Crippen molar-refractivity contribution < 1.29 is 24.3 Å². The highest BCUT2D eigenvalue weighted by Crippen LogP contribution is 1.99. The van der Waals surface area contributed by atoms with E-state index in [2.05, 4.69) is 5.32 Å². The Hall–Kier alpha value is -2.38. The Morgan fingerprint density at radius 1 is 1.18 bits per heavy atom. The summed E-state index contributed by atoms with van der Waals surface area (Å²) in [4.78, 5) is 43.1. The van der Waals surface area contributed by atoms with Crippen molar-refractivity contribution in [3.05, 3.63) is 12.2 Å². The van der Waals surface area contributed by atoms with Crippen molar-refractivity contribution in [3.63, 3.8) is 0 Å². The standard InChI is InChI=1S/C9H13N3O5/c1-9(2,7(10)16)12-8(17)11-5(13)3-4-6(14)15/h3-4H,1-2H3,(H2,10,16)(H,14,15)(H2,11,12,13,17). The molecule has 17 heavy (non-hydrogen) atoms. The monoisotopic (exact) mass is 243 g/mol. The van der Waals surface area contributed by atoms with E-state index in [-0.39, 0.29) is 0 Å². The molecule has 0 fully saturated rings. The highest BCUT2D eigenvalue weighted by molar-refractivity contribution is 6.03. The fourth-order valence-corrected chi connectivity index (χ4v) is 0.677. The smallest absolute Gasteiger partial charge is 0.328 e. The number of carboxylic acid groups (broad SMARTS) is 1. The lowest BCUT2D eigenvalue weighted by molar-refractivity contribution is -0.131. The molecular weight excluding hydrogens is 230 g/mol. The molecule has 8 nitrogen and oxygen atoms in total. The van der Waals surface area contributed by atoms with Gasteiger partial charge in [-0.2, -0.15) is 0 Å². The highest BCUT2D eigenvalue weighted by atomic mass is 16.4. The fourth-order valence-electron chi connectivity index (χ4n) is 0.677. The summed E-state index contributed by atoms with van der Waals surface area (Å²) in [5, 5.41) is 12.2. The summed E-state index contributed by atoms with van der Waals surface area (Å²) >= 11 is 0. The Balaban J connectivity index is 4.34. The Morgan fingerprint density at radius 2 is 1.71 bits per heavy atom. The first-order chi connectivity index (χ1) is 7.65. The minimum Gasteiger partial charge on any atom is -0.478 e. The van der Waals surface area contributed by atoms with E-state index in [1.807, 2.05) is 0 Å². The van der Waals surface area contributed by atoms with Gasteiger partial charge in [-0.3, -0.25) is 14.9 Å². The van der Waals surface area contributed by atoms with Crippen LogP contribution in [0, 0.1) is 0 Å². The van der Waals surface area contributed by atoms with Crippen LogP contribution in [0.25, 0.3) is 0 Å². The van der Waals surface area contributed by atoms with E-state index in [0.717, 1.165) is 0 Å². The highest BCUT2D eigenvalue weighted by Gasteiger charge is 2.27. The van der Waals surface area contributed by atoms with Crippen LogP contribution in [0.5, 0.6) is 0 Å². The first-order valence-electron chi connectivity index (χ1n) is 4.49. The number of nitrogens with one attached hydrogen (secondary N) is 2. The van der Waals surface area contributed by atoms with Crippen molar-refractivity contribution in [2.75, 3.05) is 0 Å². The van der Waals surface area contributed by atoms with E-state index < -0.39 is 29.4 Å². The lowest BCUT2D eigenvalue weighted by Crippen LogP contribution is -2.56. The van der Waals surface area contributed by atoms with Crippen LogP contribution < -0.4 is 16.4 Å². The number of aliphatic carboxylic acids is 1. The third-order valence-corrected chi connectivity index (χ3v) is 1.66. The second kappa shape index (κ2) is 5.64. The quantitative estimate of drug-likeness (QED) is 0.455. The molecule has 0 saturated heterocycles. The molecule has 4 amide bonds. The summed E-state index contributed by atoms with van der Waals surface area (Å²) in [5.74, 6) is -3.02. The molecule has 0 saturated carbocycles. The summed E-state index contributed by atoms with van der Waals surface area (Å²) < 4.78 is 0. The second-order valence-corrected chi connectivity index (χ2v) is 3.60. The van der Waals surface area contributed by atoms with Gasteiger partial charge in [-0.15, -0.1) is 0 Å². The van der Waals surface area contributed by atoms with Crippen molar-refractivity contribution in [1.29, 1.82) is 0 Å². The molecule has 5 N–H and O–H groups in total. The van der Waals surface area contributed by atoms with Crippen molar-refractivity contribution in [2.24, 2.45) is 5.73 Å². The van der Waals surface area contributed by atoms with Crippen molar-refractivity contribution >= 4 is 23.8 Å². The third kappa shape index (κ3) is 5.92. The lowest BCUT2D eigenvalue weighted by atomic mass is 10.1. The van der Waals surface area contributed by atoms with Crippen LogP contribution in [-0.2, 0) is 14.4 Å². The van der Waals surface area contributed by atoms with Crippen molar-refractivity contribution in [3.8, 4) is 0 Å². The van der Waals surface area contributed by atoms with Gasteiger partial charge in [-0.25, -0.2) is 9.59 Å². The van der Waals surface area contributed by atoms with Gasteiger partial charge in [0, 0.05) is 12.2 Å². The van der Waals surface area contributed by atoms with E-state index in [4.69, 9.17) is 10.8 Å². The first kappa shape index (κ1) is 14.6. The molecule has 94 valence electrons. The van der Waals surface area contributed by atoms with E-state index >= 15 is 0 Å². The Bertz CT molecular complexity index is 386. The third-order valence-electron chi connectivity index (χ3n) is 1.66. The molecule has 0 aromatic heterocycles. The largest absolute Gasteiger partial charge is 0.478 e. The van der Waals surface area contributed by atoms with Gasteiger partial charge in [0.1, 0.15) is 5.54 Å². The van der Waals surface area contributed by atoms with E-state index in [9.17, 15) is 19.2 Å². The number of primary amides is 1. The number of nitrogens with two attached hydrogens (primary N) is 1. The number of urea groups is 1. The zero-order chi connectivity index (χ0) is 13.6. The Kier molecular flexibility index (Phi) is 4.85. The molecule has 0 heterocycles. The molecule has 0 aromatic rings. The molecule has 0 aliphatic rings. The molecule has 0 rings (SSSR count). The zero-order valence-corrected chi connectivity index (χ0v) is 9.31. The summed E-state index contributed by atoms with van der Waals surface area (Å²) in [5.41, 5.74) is 3.67. The molecule has 0 aliphatic heterocycles. The Morgan fingerprint density at radius 3 is 2.12 bits per heavy atom. The molecule has 0 radical (unpaired) electrons. The van der Waals surface area contributed by atoms with Gasteiger partial charge in [-0.1, -0.05) is 0 Å². The van der Waals surface area contributed by atoms with Gasteiger partial charge in [-0.05, 0) is 13.8 Å². The SMILES string of the molecule is CC(C)(NC(=O)NC(=O)C=CC(=O)O)C(N)=O.